The molecule has 0 atom stereocenters. The molecule has 8 nitrogen and oxygen atoms in total. The van der Waals surface area contributed by atoms with Crippen LogP contribution in [0.4, 0.5) is 5.69 Å². The Labute approximate surface area is 280 Å². The van der Waals surface area contributed by atoms with Crippen LogP contribution < -0.4 is 20.3 Å². The molecule has 0 aliphatic carbocycles. The van der Waals surface area contributed by atoms with Gasteiger partial charge in [-0.3, -0.25) is 9.59 Å². The summed E-state index contributed by atoms with van der Waals surface area (Å²) < 4.78 is 13.8. The van der Waals surface area contributed by atoms with Crippen molar-refractivity contribution in [2.75, 3.05) is 18.5 Å². The minimum absolute atomic E-state index is 0.159. The first kappa shape index (κ1) is 32.2. The molecule has 4 aromatic carbocycles. The molecular weight excluding hydrogens is 703 g/mol. The summed E-state index contributed by atoms with van der Waals surface area (Å²) in [7, 11) is 0. The number of halogens is 2. The minimum Gasteiger partial charge on any atom is -0.494 e. The lowest BCUT2D eigenvalue weighted by Gasteiger charge is -2.18. The van der Waals surface area contributed by atoms with E-state index in [9.17, 15) is 9.59 Å². The summed E-state index contributed by atoms with van der Waals surface area (Å²) in [6.45, 7) is 8.56. The molecule has 0 fully saturated rings. The molecule has 0 saturated carbocycles. The maximum atomic E-state index is 13.8. The minimum atomic E-state index is -0.292. The van der Waals surface area contributed by atoms with Crippen molar-refractivity contribution in [1.82, 2.24) is 9.66 Å². The molecule has 0 unspecified atom stereocenters. The highest BCUT2D eigenvalue weighted by Gasteiger charge is 2.18. The summed E-state index contributed by atoms with van der Waals surface area (Å²) in [5, 5.41) is 8.48. The highest BCUT2D eigenvalue weighted by molar-refractivity contribution is 14.1. The van der Waals surface area contributed by atoms with Gasteiger partial charge in [0.2, 0.25) is 0 Å². The lowest BCUT2D eigenvalue weighted by molar-refractivity contribution is -0.118. The van der Waals surface area contributed by atoms with Gasteiger partial charge in [0.05, 0.1) is 27.3 Å². The second kappa shape index (κ2) is 14.3. The van der Waals surface area contributed by atoms with Crippen LogP contribution in [0.5, 0.6) is 11.5 Å². The fourth-order valence-corrected chi connectivity index (χ4v) is 5.61. The Hall–Kier alpha value is -4.22. The number of nitrogens with one attached hydrogen (secondary N) is 1. The number of hydrogen-bond donors (Lipinski definition) is 1. The fourth-order valence-electron chi connectivity index (χ4n) is 4.79. The zero-order valence-electron chi connectivity index (χ0n) is 25.3. The number of fused-ring (bicyclic) bond motifs is 1. The number of rotatable bonds is 10. The van der Waals surface area contributed by atoms with E-state index >= 15 is 0 Å². The van der Waals surface area contributed by atoms with Crippen LogP contribution in [0.2, 0.25) is 5.02 Å². The van der Waals surface area contributed by atoms with Crippen LogP contribution >= 0.6 is 34.2 Å². The van der Waals surface area contributed by atoms with Crippen molar-refractivity contribution < 1.29 is 14.3 Å². The Kier molecular flexibility index (Phi) is 10.2. The van der Waals surface area contributed by atoms with Crippen molar-refractivity contribution in [3.05, 3.63) is 114 Å². The largest absolute Gasteiger partial charge is 0.494 e. The lowest BCUT2D eigenvalue weighted by atomic mass is 9.96. The quantitative estimate of drug-likeness (QED) is 0.116. The number of ether oxygens (including phenoxy) is 2. The number of hydrogen-bond acceptors (Lipinski definition) is 6. The van der Waals surface area contributed by atoms with Crippen LogP contribution in [0.1, 0.15) is 43.4 Å². The molecule has 0 radical (unpaired) electrons. The standard InChI is InChI=1S/C35H32ClIN4O4/c1-5-44-32-16-22(4)28(18-27(32)21(2)3)34-40-30-9-7-6-8-26(30)35(43)41(34)38-19-23-10-15-31(29(37)17-23)45-20-33(42)39-25-13-11-24(36)12-14-25/h6-19,21H,5,20H2,1-4H3,(H,39,42). The van der Waals surface area contributed by atoms with Gasteiger partial charge in [0.1, 0.15) is 11.5 Å². The number of para-hydroxylation sites is 1. The van der Waals surface area contributed by atoms with Crippen molar-refractivity contribution in [3.63, 3.8) is 0 Å². The third-order valence-corrected chi connectivity index (χ3v) is 8.13. The molecule has 0 bridgehead atoms. The summed E-state index contributed by atoms with van der Waals surface area (Å²) in [6.07, 6.45) is 1.62. The number of nitrogens with zero attached hydrogens (tertiary/aromatic N) is 3. The molecule has 1 amide bonds. The Bertz CT molecular complexity index is 1960. The summed E-state index contributed by atoms with van der Waals surface area (Å²) in [6, 6.07) is 23.6. The zero-order chi connectivity index (χ0) is 32.1. The molecule has 5 rings (SSSR count). The van der Waals surface area contributed by atoms with Gasteiger partial charge < -0.3 is 14.8 Å². The summed E-state index contributed by atoms with van der Waals surface area (Å²) >= 11 is 8.06. The average Bonchev–Trinajstić information content (AvgIpc) is 3.01. The molecule has 0 aliphatic rings. The van der Waals surface area contributed by atoms with Crippen LogP contribution in [-0.2, 0) is 4.79 Å². The third kappa shape index (κ3) is 7.54. The van der Waals surface area contributed by atoms with Gasteiger partial charge in [0.15, 0.2) is 12.4 Å². The van der Waals surface area contributed by atoms with Crippen molar-refractivity contribution in [2.24, 2.45) is 5.10 Å². The molecule has 5 aromatic rings. The zero-order valence-corrected chi connectivity index (χ0v) is 28.2. The van der Waals surface area contributed by atoms with E-state index in [1.807, 2.05) is 56.3 Å². The summed E-state index contributed by atoms with van der Waals surface area (Å²) in [5.41, 5.74) is 4.46. The van der Waals surface area contributed by atoms with Crippen LogP contribution in [0.3, 0.4) is 0 Å². The van der Waals surface area contributed by atoms with Crippen LogP contribution in [0.25, 0.3) is 22.3 Å². The number of aromatic nitrogens is 2. The fraction of sp³-hybridized carbons (Fsp3) is 0.200. The summed E-state index contributed by atoms with van der Waals surface area (Å²) in [4.78, 5) is 31.1. The number of anilines is 1. The Morgan fingerprint density at radius 2 is 1.80 bits per heavy atom. The van der Waals surface area contributed by atoms with E-state index in [1.54, 1.807) is 42.6 Å². The maximum absolute atomic E-state index is 13.8. The van der Waals surface area contributed by atoms with Crippen LogP contribution in [0.15, 0.2) is 88.8 Å². The van der Waals surface area contributed by atoms with Crippen molar-refractivity contribution >= 4 is 62.9 Å². The Morgan fingerprint density at radius 1 is 1.04 bits per heavy atom. The molecule has 0 saturated heterocycles. The van der Waals surface area contributed by atoms with Crippen molar-refractivity contribution in [1.29, 1.82) is 0 Å². The highest BCUT2D eigenvalue weighted by atomic mass is 127. The molecule has 1 aromatic heterocycles. The number of amides is 1. The van der Waals surface area contributed by atoms with Crippen molar-refractivity contribution in [3.8, 4) is 22.9 Å². The van der Waals surface area contributed by atoms with Gasteiger partial charge >= 0.3 is 0 Å². The van der Waals surface area contributed by atoms with E-state index in [0.717, 1.165) is 31.6 Å². The number of aryl methyl sites for hydroxylation is 1. The van der Waals surface area contributed by atoms with E-state index in [0.29, 0.717) is 39.8 Å². The maximum Gasteiger partial charge on any atom is 0.282 e. The van der Waals surface area contributed by atoms with E-state index in [2.05, 4.69) is 46.9 Å². The molecule has 0 aliphatic heterocycles. The van der Waals surface area contributed by atoms with Gasteiger partial charge in [-0.25, -0.2) is 4.98 Å². The first-order valence-electron chi connectivity index (χ1n) is 14.5. The normalized spacial score (nSPS) is 11.4. The lowest BCUT2D eigenvalue weighted by Crippen LogP contribution is -2.21. The van der Waals surface area contributed by atoms with Gasteiger partial charge in [-0.15, -0.1) is 0 Å². The second-order valence-electron chi connectivity index (χ2n) is 10.6. The van der Waals surface area contributed by atoms with Gasteiger partial charge in [0, 0.05) is 16.3 Å². The molecule has 230 valence electrons. The van der Waals surface area contributed by atoms with Gasteiger partial charge in [0.25, 0.3) is 11.5 Å². The summed E-state index contributed by atoms with van der Waals surface area (Å²) in [5.74, 6) is 1.72. The monoisotopic (exact) mass is 734 g/mol. The molecule has 1 heterocycles. The Balaban J connectivity index is 1.45. The highest BCUT2D eigenvalue weighted by Crippen LogP contribution is 2.34. The second-order valence-corrected chi connectivity index (χ2v) is 12.2. The first-order chi connectivity index (χ1) is 21.6. The SMILES string of the molecule is CCOc1cc(C)c(-c2nc3ccccc3c(=O)n2N=Cc2ccc(OCC(=O)Nc3ccc(Cl)cc3)c(I)c2)cc1C(C)C. The topological polar surface area (TPSA) is 94.8 Å². The molecule has 10 heteroatoms. The predicted molar refractivity (Wildman–Crippen MR) is 189 cm³/mol. The average molecular weight is 735 g/mol. The number of carbonyl (C=O) groups is 1. The van der Waals surface area contributed by atoms with Crippen LogP contribution in [-0.4, -0.2) is 35.0 Å². The van der Waals surface area contributed by atoms with E-state index in [-0.39, 0.29) is 24.0 Å². The smallest absolute Gasteiger partial charge is 0.282 e. The van der Waals surface area contributed by atoms with Gasteiger partial charge in [-0.05, 0) is 126 Å². The van der Waals surface area contributed by atoms with Gasteiger partial charge in [-0.1, -0.05) is 37.6 Å². The van der Waals surface area contributed by atoms with Gasteiger partial charge in [-0.2, -0.15) is 9.78 Å². The van der Waals surface area contributed by atoms with E-state index in [1.165, 1.54) is 4.68 Å². The van der Waals surface area contributed by atoms with Crippen LogP contribution in [0, 0.1) is 10.5 Å². The number of carbonyl (C=O) groups excluding carboxylic acids is 1. The molecule has 1 N–H and O–H groups in total. The predicted octanol–water partition coefficient (Wildman–Crippen LogP) is 8.05. The number of benzene rings is 4. The molecule has 45 heavy (non-hydrogen) atoms. The molecule has 0 spiro atoms. The first-order valence-corrected chi connectivity index (χ1v) is 15.9. The van der Waals surface area contributed by atoms with E-state index < -0.39 is 0 Å². The Morgan fingerprint density at radius 3 is 2.51 bits per heavy atom. The molecular formula is C35H32ClIN4O4. The third-order valence-electron chi connectivity index (χ3n) is 7.04. The van der Waals surface area contributed by atoms with E-state index in [4.69, 9.17) is 26.1 Å². The van der Waals surface area contributed by atoms with Crippen molar-refractivity contribution in [2.45, 2.75) is 33.6 Å².